The van der Waals surface area contributed by atoms with Crippen molar-refractivity contribution in [1.29, 1.82) is 5.26 Å². The van der Waals surface area contributed by atoms with E-state index >= 15 is 0 Å². The molecule has 110 valence electrons. The van der Waals surface area contributed by atoms with Gasteiger partial charge in [-0.25, -0.2) is 0 Å². The monoisotopic (exact) mass is 360 g/mol. The molecule has 0 fully saturated rings. The van der Waals surface area contributed by atoms with Crippen molar-refractivity contribution >= 4 is 21.8 Å². The Kier molecular flexibility index (Phi) is 6.22. The van der Waals surface area contributed by atoms with E-state index in [1.54, 1.807) is 6.07 Å². The van der Waals surface area contributed by atoms with E-state index in [1.165, 1.54) is 0 Å². The maximum absolute atomic E-state index is 12.4. The Balaban J connectivity index is 2.70. The smallest absolute Gasteiger partial charge is 0.332 e. The van der Waals surface area contributed by atoms with Crippen LogP contribution in [0.5, 0.6) is 0 Å². The van der Waals surface area contributed by atoms with Crippen LogP contribution in [0, 0.1) is 22.1 Å². The van der Waals surface area contributed by atoms with Crippen molar-refractivity contribution in [2.45, 2.75) is 12.4 Å². The summed E-state index contributed by atoms with van der Waals surface area (Å²) in [5.74, 6) is 1.75. The van der Waals surface area contributed by atoms with Gasteiger partial charge in [-0.2, -0.15) is 18.4 Å². The minimum Gasteiger partial charge on any atom is -0.332 e. The average molecular weight is 361 g/mol. The lowest BCUT2D eigenvalue weighted by atomic mass is 10.1. The SMILES string of the molecule is N#CC(NC(=O)c1ccc(C(F)(F)F)cc1)OCC#CBr. The van der Waals surface area contributed by atoms with E-state index in [2.05, 4.69) is 32.0 Å². The molecular weight excluding hydrogens is 353 g/mol. The fraction of sp³-hybridized carbons (Fsp3) is 0.231. The number of hydrogen-bond acceptors (Lipinski definition) is 3. The first-order chi connectivity index (χ1) is 9.88. The number of nitrogens with one attached hydrogen (secondary N) is 1. The van der Waals surface area contributed by atoms with E-state index < -0.39 is 23.9 Å². The standard InChI is InChI=1S/C13H8BrF3N2O2/c14-6-1-7-21-11(8-18)19-12(20)9-2-4-10(5-3-9)13(15,16)17/h2-5,11H,7H2,(H,19,20). The number of alkyl halides is 3. The van der Waals surface area contributed by atoms with Gasteiger partial charge >= 0.3 is 6.18 Å². The van der Waals surface area contributed by atoms with Gasteiger partial charge in [-0.05, 0) is 29.1 Å². The molecule has 8 heteroatoms. The molecule has 0 aliphatic rings. The second-order valence-electron chi connectivity index (χ2n) is 3.64. The van der Waals surface area contributed by atoms with Crippen molar-refractivity contribution < 1.29 is 22.7 Å². The van der Waals surface area contributed by atoms with Crippen LogP contribution in [0.25, 0.3) is 0 Å². The molecule has 1 atom stereocenters. The maximum Gasteiger partial charge on any atom is 0.416 e. The second kappa shape index (κ2) is 7.67. The Hall–Kier alpha value is -2.03. The summed E-state index contributed by atoms with van der Waals surface area (Å²) in [7, 11) is 0. The van der Waals surface area contributed by atoms with Gasteiger partial charge in [0.2, 0.25) is 6.23 Å². The molecule has 0 saturated heterocycles. The topological polar surface area (TPSA) is 62.1 Å². The highest BCUT2D eigenvalue weighted by atomic mass is 79.9. The fourth-order valence-electron chi connectivity index (χ4n) is 1.28. The van der Waals surface area contributed by atoms with Crippen molar-refractivity contribution in [1.82, 2.24) is 5.32 Å². The van der Waals surface area contributed by atoms with Crippen LogP contribution in [0.15, 0.2) is 24.3 Å². The summed E-state index contributed by atoms with van der Waals surface area (Å²) in [6.45, 7) is -0.0865. The molecule has 0 heterocycles. The second-order valence-corrected chi connectivity index (χ2v) is 4.04. The van der Waals surface area contributed by atoms with Gasteiger partial charge in [0.1, 0.15) is 12.7 Å². The molecule has 1 rings (SSSR count). The molecule has 0 bridgehead atoms. The van der Waals surface area contributed by atoms with E-state index in [-0.39, 0.29) is 12.2 Å². The Morgan fingerprint density at radius 1 is 1.38 bits per heavy atom. The molecule has 1 aromatic rings. The van der Waals surface area contributed by atoms with Crippen LogP contribution in [-0.4, -0.2) is 18.7 Å². The number of halogens is 4. The Morgan fingerprint density at radius 2 is 2.00 bits per heavy atom. The molecule has 0 aliphatic carbocycles. The lowest BCUT2D eigenvalue weighted by Gasteiger charge is -2.11. The van der Waals surface area contributed by atoms with Crippen LogP contribution < -0.4 is 5.32 Å². The first-order valence-electron chi connectivity index (χ1n) is 5.46. The number of carbonyl (C=O) groups is 1. The van der Waals surface area contributed by atoms with Crippen LogP contribution >= 0.6 is 15.9 Å². The maximum atomic E-state index is 12.4. The number of nitriles is 1. The molecule has 1 unspecified atom stereocenters. The van der Waals surface area contributed by atoms with Crippen molar-refractivity contribution in [2.24, 2.45) is 0 Å². The molecular formula is C13H8BrF3N2O2. The third-order valence-corrected chi connectivity index (χ3v) is 2.52. The highest BCUT2D eigenvalue weighted by molar-refractivity contribution is 9.12. The molecule has 0 spiro atoms. The van der Waals surface area contributed by atoms with Crippen molar-refractivity contribution in [3.63, 3.8) is 0 Å². The molecule has 0 radical (unpaired) electrons. The Morgan fingerprint density at radius 3 is 2.48 bits per heavy atom. The van der Waals surface area contributed by atoms with Gasteiger partial charge in [-0.3, -0.25) is 4.79 Å². The van der Waals surface area contributed by atoms with Gasteiger partial charge < -0.3 is 10.1 Å². The van der Waals surface area contributed by atoms with Crippen LogP contribution in [0.1, 0.15) is 15.9 Å². The quantitative estimate of drug-likeness (QED) is 0.663. The van der Waals surface area contributed by atoms with Gasteiger partial charge in [0, 0.05) is 21.5 Å². The molecule has 0 aliphatic heterocycles. The molecule has 0 aromatic heterocycles. The number of carbonyl (C=O) groups excluding carboxylic acids is 1. The Bertz CT molecular complexity index is 597. The first-order valence-corrected chi connectivity index (χ1v) is 6.25. The molecule has 0 saturated carbocycles. The summed E-state index contributed by atoms with van der Waals surface area (Å²) in [5, 5.41) is 11.0. The zero-order valence-corrected chi connectivity index (χ0v) is 12.0. The highest BCUT2D eigenvalue weighted by Crippen LogP contribution is 2.29. The predicted molar refractivity (Wildman–Crippen MR) is 71.0 cm³/mol. The number of hydrogen-bond donors (Lipinski definition) is 1. The van der Waals surface area contributed by atoms with Crippen molar-refractivity contribution in [3.05, 3.63) is 35.4 Å². The van der Waals surface area contributed by atoms with Gasteiger partial charge in [0.15, 0.2) is 0 Å². The van der Waals surface area contributed by atoms with Gasteiger partial charge in [0.25, 0.3) is 5.91 Å². The lowest BCUT2D eigenvalue weighted by Crippen LogP contribution is -2.36. The first kappa shape index (κ1) is 17.0. The normalized spacial score (nSPS) is 11.8. The fourth-order valence-corrected chi connectivity index (χ4v) is 1.39. The largest absolute Gasteiger partial charge is 0.416 e. The molecule has 1 amide bonds. The lowest BCUT2D eigenvalue weighted by molar-refractivity contribution is -0.137. The summed E-state index contributed by atoms with van der Waals surface area (Å²) in [6.07, 6.45) is -5.71. The van der Waals surface area contributed by atoms with Crippen molar-refractivity contribution in [3.8, 4) is 16.8 Å². The summed E-state index contributed by atoms with van der Waals surface area (Å²) in [4.78, 5) is 14.1. The third kappa shape index (κ3) is 5.46. The molecule has 1 aromatic carbocycles. The number of ether oxygens (including phenoxy) is 1. The highest BCUT2D eigenvalue weighted by Gasteiger charge is 2.30. The van der Waals surface area contributed by atoms with E-state index in [9.17, 15) is 18.0 Å². The van der Waals surface area contributed by atoms with E-state index in [0.29, 0.717) is 0 Å². The average Bonchev–Trinajstić information content (AvgIpc) is 2.45. The summed E-state index contributed by atoms with van der Waals surface area (Å²) < 4.78 is 42.1. The minimum atomic E-state index is -4.47. The zero-order valence-electron chi connectivity index (χ0n) is 10.4. The van der Waals surface area contributed by atoms with Crippen LogP contribution in [0.4, 0.5) is 13.2 Å². The Labute approximate surface area is 127 Å². The third-order valence-electron chi connectivity index (χ3n) is 2.24. The molecule has 21 heavy (non-hydrogen) atoms. The van der Waals surface area contributed by atoms with Crippen molar-refractivity contribution in [2.75, 3.05) is 6.61 Å². The summed E-state index contributed by atoms with van der Waals surface area (Å²) in [6, 6.07) is 5.29. The number of nitrogens with zero attached hydrogens (tertiary/aromatic N) is 1. The summed E-state index contributed by atoms with van der Waals surface area (Å²) >= 11 is 2.83. The predicted octanol–water partition coefficient (Wildman–Crippen LogP) is 2.66. The van der Waals surface area contributed by atoms with Crippen LogP contribution in [0.2, 0.25) is 0 Å². The van der Waals surface area contributed by atoms with Gasteiger partial charge in [0.05, 0.1) is 5.56 Å². The van der Waals surface area contributed by atoms with E-state index in [4.69, 9.17) is 10.00 Å². The van der Waals surface area contributed by atoms with Gasteiger partial charge in [-0.15, -0.1) is 0 Å². The molecule has 1 N–H and O–H groups in total. The van der Waals surface area contributed by atoms with E-state index in [1.807, 2.05) is 0 Å². The zero-order chi connectivity index (χ0) is 15.9. The van der Waals surface area contributed by atoms with Gasteiger partial charge in [-0.1, -0.05) is 5.92 Å². The van der Waals surface area contributed by atoms with Crippen LogP contribution in [0.3, 0.4) is 0 Å². The summed E-state index contributed by atoms with van der Waals surface area (Å²) in [5.41, 5.74) is -0.877. The van der Waals surface area contributed by atoms with Crippen LogP contribution in [-0.2, 0) is 10.9 Å². The minimum absolute atomic E-state index is 0.0153. The number of rotatable bonds is 4. The number of amides is 1. The van der Waals surface area contributed by atoms with E-state index in [0.717, 1.165) is 24.3 Å². The number of benzene rings is 1. The molecule has 4 nitrogen and oxygen atoms in total.